The molecular formula is C12H12INS. The molecule has 0 aliphatic heterocycles. The van der Waals surface area contributed by atoms with Crippen LogP contribution in [0.1, 0.15) is 22.0 Å². The van der Waals surface area contributed by atoms with Gasteiger partial charge in [0.15, 0.2) is 0 Å². The Kier molecular flexibility index (Phi) is 3.43. The molecule has 1 nitrogen and oxygen atoms in total. The molecule has 2 aromatic rings. The highest BCUT2D eigenvalue weighted by atomic mass is 127. The van der Waals surface area contributed by atoms with Crippen LogP contribution in [0.3, 0.4) is 0 Å². The smallest absolute Gasteiger partial charge is 0.0656 e. The number of rotatable bonds is 2. The van der Waals surface area contributed by atoms with Gasteiger partial charge >= 0.3 is 0 Å². The van der Waals surface area contributed by atoms with E-state index in [1.807, 2.05) is 6.07 Å². The average Bonchev–Trinajstić information content (AvgIpc) is 2.74. The first kappa shape index (κ1) is 11.1. The maximum Gasteiger partial charge on any atom is 0.0656 e. The van der Waals surface area contributed by atoms with Crippen LogP contribution in [0.2, 0.25) is 0 Å². The molecule has 78 valence electrons. The Morgan fingerprint density at radius 2 is 2.07 bits per heavy atom. The van der Waals surface area contributed by atoms with Gasteiger partial charge in [0.25, 0.3) is 0 Å². The van der Waals surface area contributed by atoms with Crippen LogP contribution in [-0.4, -0.2) is 0 Å². The minimum Gasteiger partial charge on any atom is -0.320 e. The highest BCUT2D eigenvalue weighted by molar-refractivity contribution is 14.1. The molecule has 0 spiro atoms. The van der Waals surface area contributed by atoms with Crippen LogP contribution in [-0.2, 0) is 0 Å². The second-order valence-electron chi connectivity index (χ2n) is 3.47. The quantitative estimate of drug-likeness (QED) is 0.835. The monoisotopic (exact) mass is 329 g/mol. The first-order valence-electron chi connectivity index (χ1n) is 4.74. The van der Waals surface area contributed by atoms with E-state index in [4.69, 9.17) is 5.73 Å². The molecule has 0 radical (unpaired) electrons. The molecule has 0 bridgehead atoms. The van der Waals surface area contributed by atoms with Gasteiger partial charge in [-0.2, -0.15) is 0 Å². The van der Waals surface area contributed by atoms with E-state index >= 15 is 0 Å². The third-order valence-electron chi connectivity index (χ3n) is 2.41. The van der Waals surface area contributed by atoms with E-state index in [-0.39, 0.29) is 6.04 Å². The lowest BCUT2D eigenvalue weighted by Gasteiger charge is -2.13. The van der Waals surface area contributed by atoms with Crippen molar-refractivity contribution in [3.63, 3.8) is 0 Å². The van der Waals surface area contributed by atoms with Gasteiger partial charge in [0, 0.05) is 8.45 Å². The summed E-state index contributed by atoms with van der Waals surface area (Å²) >= 11 is 4.08. The fourth-order valence-corrected chi connectivity index (χ4v) is 2.97. The Labute approximate surface area is 107 Å². The average molecular weight is 329 g/mol. The minimum absolute atomic E-state index is 0.0109. The molecule has 15 heavy (non-hydrogen) atoms. The molecule has 3 heteroatoms. The summed E-state index contributed by atoms with van der Waals surface area (Å²) in [5, 5.41) is 2.07. The van der Waals surface area contributed by atoms with Crippen LogP contribution in [0.25, 0.3) is 0 Å². The van der Waals surface area contributed by atoms with E-state index in [0.717, 1.165) is 0 Å². The van der Waals surface area contributed by atoms with E-state index in [2.05, 4.69) is 59.2 Å². The van der Waals surface area contributed by atoms with Crippen molar-refractivity contribution in [3.8, 4) is 0 Å². The van der Waals surface area contributed by atoms with Gasteiger partial charge in [-0.25, -0.2) is 0 Å². The third-order valence-corrected chi connectivity index (χ3v) is 4.84. The van der Waals surface area contributed by atoms with Gasteiger partial charge in [0.05, 0.1) is 6.04 Å². The third kappa shape index (κ3) is 2.24. The van der Waals surface area contributed by atoms with Crippen LogP contribution < -0.4 is 5.73 Å². The van der Waals surface area contributed by atoms with E-state index in [0.29, 0.717) is 0 Å². The molecule has 1 aromatic carbocycles. The number of nitrogens with two attached hydrogens (primary N) is 1. The topological polar surface area (TPSA) is 26.0 Å². The lowest BCUT2D eigenvalue weighted by Crippen LogP contribution is -2.12. The van der Waals surface area contributed by atoms with Crippen LogP contribution in [0.5, 0.6) is 0 Å². The maximum absolute atomic E-state index is 6.24. The van der Waals surface area contributed by atoms with Crippen molar-refractivity contribution in [1.29, 1.82) is 0 Å². The first-order chi connectivity index (χ1) is 7.20. The molecule has 1 aromatic heterocycles. The summed E-state index contributed by atoms with van der Waals surface area (Å²) in [5.74, 6) is 0. The zero-order chi connectivity index (χ0) is 10.8. The van der Waals surface area contributed by atoms with Crippen LogP contribution >= 0.6 is 33.9 Å². The van der Waals surface area contributed by atoms with Crippen LogP contribution in [0, 0.1) is 10.5 Å². The number of thiophene rings is 1. The number of hydrogen-bond donors (Lipinski definition) is 1. The van der Waals surface area contributed by atoms with Gasteiger partial charge in [0.2, 0.25) is 0 Å². The van der Waals surface area contributed by atoms with Crippen molar-refractivity contribution in [2.24, 2.45) is 5.73 Å². The molecule has 1 atom stereocenters. The van der Waals surface area contributed by atoms with E-state index in [1.165, 1.54) is 19.6 Å². The van der Waals surface area contributed by atoms with Gasteiger partial charge in [-0.1, -0.05) is 24.3 Å². The first-order valence-corrected chi connectivity index (χ1v) is 6.70. The number of aryl methyl sites for hydroxylation is 1. The van der Waals surface area contributed by atoms with E-state index < -0.39 is 0 Å². The van der Waals surface area contributed by atoms with Crippen LogP contribution in [0.15, 0.2) is 35.7 Å². The summed E-state index contributed by atoms with van der Waals surface area (Å²) in [6.45, 7) is 2.12. The number of halogens is 1. The Morgan fingerprint density at radius 1 is 1.27 bits per heavy atom. The minimum atomic E-state index is 0.0109. The summed E-state index contributed by atoms with van der Waals surface area (Å²) < 4.78 is 1.27. The van der Waals surface area contributed by atoms with E-state index in [9.17, 15) is 0 Å². The highest BCUT2D eigenvalue weighted by Gasteiger charge is 2.13. The van der Waals surface area contributed by atoms with E-state index in [1.54, 1.807) is 11.3 Å². The SMILES string of the molecule is Cc1cccc(C(N)c2cccs2)c1I. The molecular weight excluding hydrogens is 317 g/mol. The second kappa shape index (κ2) is 4.63. The molecule has 0 saturated heterocycles. The molecule has 0 fully saturated rings. The highest BCUT2D eigenvalue weighted by Crippen LogP contribution is 2.28. The summed E-state index contributed by atoms with van der Waals surface area (Å²) in [5.41, 5.74) is 8.75. The van der Waals surface area contributed by atoms with Gasteiger partial charge in [0.1, 0.15) is 0 Å². The largest absolute Gasteiger partial charge is 0.320 e. The zero-order valence-corrected chi connectivity index (χ0v) is 11.4. The van der Waals surface area contributed by atoms with Gasteiger partial charge in [-0.15, -0.1) is 11.3 Å². The Hall–Kier alpha value is -0.390. The summed E-state index contributed by atoms with van der Waals surface area (Å²) in [6.07, 6.45) is 0. The Bertz CT molecular complexity index is 451. The predicted molar refractivity (Wildman–Crippen MR) is 74.2 cm³/mol. The second-order valence-corrected chi connectivity index (χ2v) is 5.53. The molecule has 0 aliphatic rings. The van der Waals surface area contributed by atoms with Crippen molar-refractivity contribution in [1.82, 2.24) is 0 Å². The molecule has 2 N–H and O–H groups in total. The summed E-state index contributed by atoms with van der Waals surface area (Å²) in [4.78, 5) is 1.22. The molecule has 0 amide bonds. The Morgan fingerprint density at radius 3 is 2.73 bits per heavy atom. The van der Waals surface area contributed by atoms with Crippen LogP contribution in [0.4, 0.5) is 0 Å². The van der Waals surface area contributed by atoms with Crippen molar-refractivity contribution in [2.75, 3.05) is 0 Å². The van der Waals surface area contributed by atoms with Gasteiger partial charge in [-0.05, 0) is 52.1 Å². The number of benzene rings is 1. The standard InChI is InChI=1S/C12H12INS/c1-8-4-2-5-9(11(8)13)12(14)10-6-3-7-15-10/h2-7,12H,14H2,1H3. The fourth-order valence-electron chi connectivity index (χ4n) is 1.53. The lowest BCUT2D eigenvalue weighted by atomic mass is 10.0. The van der Waals surface area contributed by atoms with Crippen molar-refractivity contribution in [3.05, 3.63) is 55.3 Å². The molecule has 1 heterocycles. The number of hydrogen-bond acceptors (Lipinski definition) is 2. The normalized spacial score (nSPS) is 12.7. The summed E-state index contributed by atoms with van der Waals surface area (Å²) in [7, 11) is 0. The summed E-state index contributed by atoms with van der Waals surface area (Å²) in [6, 6.07) is 10.4. The van der Waals surface area contributed by atoms with Crippen molar-refractivity contribution in [2.45, 2.75) is 13.0 Å². The van der Waals surface area contributed by atoms with Gasteiger partial charge < -0.3 is 5.73 Å². The van der Waals surface area contributed by atoms with Crippen molar-refractivity contribution >= 4 is 33.9 Å². The molecule has 1 unspecified atom stereocenters. The lowest BCUT2D eigenvalue weighted by molar-refractivity contribution is 0.884. The van der Waals surface area contributed by atoms with Gasteiger partial charge in [-0.3, -0.25) is 0 Å². The fraction of sp³-hybridized carbons (Fsp3) is 0.167. The maximum atomic E-state index is 6.24. The molecule has 0 aliphatic carbocycles. The van der Waals surface area contributed by atoms with Crippen molar-refractivity contribution < 1.29 is 0 Å². The predicted octanol–water partition coefficient (Wildman–Crippen LogP) is 3.71. The zero-order valence-electron chi connectivity index (χ0n) is 8.41. The Balaban J connectivity index is 2.42. The molecule has 2 rings (SSSR count). The molecule has 0 saturated carbocycles.